The second-order valence-electron chi connectivity index (χ2n) is 10.2. The fourth-order valence-corrected chi connectivity index (χ4v) is 3.74. The van der Waals surface area contributed by atoms with Crippen LogP contribution in [0.5, 0.6) is 0 Å². The van der Waals surface area contributed by atoms with Crippen LogP contribution in [-0.4, -0.2) is 27.4 Å². The minimum Gasteiger partial charge on any atom is -0.455 e. The molecule has 0 radical (unpaired) electrons. The molecule has 5 heteroatoms. The van der Waals surface area contributed by atoms with Crippen LogP contribution >= 0.6 is 0 Å². The van der Waals surface area contributed by atoms with Gasteiger partial charge in [-0.3, -0.25) is 4.99 Å². The van der Waals surface area contributed by atoms with E-state index >= 15 is 0 Å². The smallest absolute Gasteiger partial charge is 0.355 e. The molecule has 0 saturated heterocycles. The molecule has 0 bridgehead atoms. The Balaban J connectivity index is 1.94. The van der Waals surface area contributed by atoms with Gasteiger partial charge in [0.2, 0.25) is 0 Å². The van der Waals surface area contributed by atoms with Gasteiger partial charge < -0.3 is 14.8 Å². The number of esters is 1. The van der Waals surface area contributed by atoms with E-state index in [-0.39, 0.29) is 11.4 Å². The zero-order valence-electron chi connectivity index (χ0n) is 19.9. The Morgan fingerprint density at radius 3 is 2.35 bits per heavy atom. The monoisotopic (exact) mass is 422 g/mol. The minimum atomic E-state index is -0.727. The van der Waals surface area contributed by atoms with Crippen LogP contribution in [-0.2, 0) is 4.74 Å². The molecular formula is C26H34N2O3. The normalized spacial score (nSPS) is 18.2. The van der Waals surface area contributed by atoms with Gasteiger partial charge in [0.15, 0.2) is 0 Å². The first-order chi connectivity index (χ1) is 14.3. The molecule has 2 heterocycles. The number of aromatic amines is 1. The second-order valence-corrected chi connectivity index (χ2v) is 10.2. The predicted octanol–water partition coefficient (Wildman–Crippen LogP) is 5.84. The molecule has 1 aliphatic rings. The van der Waals surface area contributed by atoms with E-state index in [4.69, 9.17) is 9.73 Å². The number of aryl methyl sites for hydroxylation is 1. The average molecular weight is 423 g/mol. The quantitative estimate of drug-likeness (QED) is 0.608. The van der Waals surface area contributed by atoms with Crippen LogP contribution in [0, 0.1) is 26.2 Å². The highest BCUT2D eigenvalue weighted by molar-refractivity contribution is 5.94. The van der Waals surface area contributed by atoms with E-state index in [1.165, 1.54) is 0 Å². The number of aliphatic imine (C=N–C) groups is 1. The Kier molecular flexibility index (Phi) is 6.03. The molecule has 0 spiro atoms. The molecule has 31 heavy (non-hydrogen) atoms. The predicted molar refractivity (Wildman–Crippen MR) is 125 cm³/mol. The van der Waals surface area contributed by atoms with E-state index in [1.54, 1.807) is 0 Å². The molecule has 1 unspecified atom stereocenters. The van der Waals surface area contributed by atoms with Crippen molar-refractivity contribution in [3.8, 4) is 0 Å². The summed E-state index contributed by atoms with van der Waals surface area (Å²) in [6.45, 7) is 15.7. The van der Waals surface area contributed by atoms with E-state index in [0.29, 0.717) is 12.1 Å². The summed E-state index contributed by atoms with van der Waals surface area (Å²) in [7, 11) is 0. The number of rotatable bonds is 4. The number of H-pyrrole nitrogens is 1. The van der Waals surface area contributed by atoms with Gasteiger partial charge in [-0.05, 0) is 70.7 Å². The standard InChI is InChI=1S/C26H34N2O3/c1-15-9-11-18(12-10-15)23(29)20-14-26(7,8)21(27-20)13-19-16(2)17(3)22(28-19)24(30)31-25(4,5)6/h9-13,23,28-29H,14H2,1-8H3/b21-13+. The summed E-state index contributed by atoms with van der Waals surface area (Å²) in [5, 5.41) is 10.9. The Morgan fingerprint density at radius 2 is 1.77 bits per heavy atom. The zero-order chi connectivity index (χ0) is 23.1. The van der Waals surface area contributed by atoms with Gasteiger partial charge in [-0.2, -0.15) is 0 Å². The summed E-state index contributed by atoms with van der Waals surface area (Å²) in [6.07, 6.45) is 1.94. The fourth-order valence-electron chi connectivity index (χ4n) is 3.74. The molecule has 2 N–H and O–H groups in total. The van der Waals surface area contributed by atoms with Crippen molar-refractivity contribution >= 4 is 17.8 Å². The lowest BCUT2D eigenvalue weighted by molar-refractivity contribution is 0.00627. The van der Waals surface area contributed by atoms with Gasteiger partial charge >= 0.3 is 5.97 Å². The Labute approximate surface area is 185 Å². The molecule has 166 valence electrons. The lowest BCUT2D eigenvalue weighted by Gasteiger charge is -2.19. The highest BCUT2D eigenvalue weighted by atomic mass is 16.6. The van der Waals surface area contributed by atoms with Crippen LogP contribution in [0.25, 0.3) is 6.08 Å². The van der Waals surface area contributed by atoms with Gasteiger partial charge in [0.1, 0.15) is 17.4 Å². The maximum absolute atomic E-state index is 12.6. The molecule has 1 aromatic carbocycles. The van der Waals surface area contributed by atoms with E-state index in [2.05, 4.69) is 18.8 Å². The van der Waals surface area contributed by atoms with E-state index in [1.807, 2.05) is 71.9 Å². The largest absolute Gasteiger partial charge is 0.455 e. The summed E-state index contributed by atoms with van der Waals surface area (Å²) in [4.78, 5) is 20.6. The van der Waals surface area contributed by atoms with Crippen LogP contribution < -0.4 is 0 Å². The zero-order valence-corrected chi connectivity index (χ0v) is 19.9. The Morgan fingerprint density at radius 1 is 1.16 bits per heavy atom. The third kappa shape index (κ3) is 4.99. The van der Waals surface area contributed by atoms with Crippen molar-refractivity contribution in [1.82, 2.24) is 4.98 Å². The Bertz CT molecular complexity index is 1050. The molecule has 0 amide bonds. The molecule has 2 aromatic rings. The Hall–Kier alpha value is -2.66. The minimum absolute atomic E-state index is 0.224. The highest BCUT2D eigenvalue weighted by Gasteiger charge is 2.35. The molecule has 0 saturated carbocycles. The van der Waals surface area contributed by atoms with Gasteiger partial charge in [0.25, 0.3) is 0 Å². The number of aromatic nitrogens is 1. The van der Waals surface area contributed by atoms with Crippen molar-refractivity contribution in [3.63, 3.8) is 0 Å². The third-order valence-electron chi connectivity index (χ3n) is 5.77. The number of carbonyl (C=O) groups excluding carboxylic acids is 1. The number of benzene rings is 1. The van der Waals surface area contributed by atoms with Gasteiger partial charge in [0, 0.05) is 16.8 Å². The topological polar surface area (TPSA) is 74.7 Å². The van der Waals surface area contributed by atoms with E-state index in [0.717, 1.165) is 39.4 Å². The van der Waals surface area contributed by atoms with Crippen molar-refractivity contribution in [2.24, 2.45) is 10.4 Å². The van der Waals surface area contributed by atoms with Crippen molar-refractivity contribution in [2.45, 2.75) is 73.5 Å². The lowest BCUT2D eigenvalue weighted by atomic mass is 9.84. The summed E-state index contributed by atoms with van der Waals surface area (Å²) >= 11 is 0. The SMILES string of the molecule is Cc1ccc(C(O)C2=N/C(=C/c3[nH]c(C(=O)OC(C)(C)C)c(C)c3C)C(C)(C)C2)cc1. The molecule has 5 nitrogen and oxygen atoms in total. The molecule has 0 fully saturated rings. The van der Waals surface area contributed by atoms with Crippen LogP contribution in [0.3, 0.4) is 0 Å². The number of ether oxygens (including phenoxy) is 1. The number of hydrogen-bond acceptors (Lipinski definition) is 4. The number of hydrogen-bond donors (Lipinski definition) is 2. The maximum atomic E-state index is 12.6. The van der Waals surface area contributed by atoms with Crippen molar-refractivity contribution in [1.29, 1.82) is 0 Å². The van der Waals surface area contributed by atoms with Gasteiger partial charge in [-0.15, -0.1) is 0 Å². The second kappa shape index (κ2) is 8.12. The molecule has 0 aliphatic carbocycles. The first-order valence-electron chi connectivity index (χ1n) is 10.8. The molecular weight excluding hydrogens is 388 g/mol. The maximum Gasteiger partial charge on any atom is 0.355 e. The summed E-state index contributed by atoms with van der Waals surface area (Å²) < 4.78 is 5.54. The van der Waals surface area contributed by atoms with Crippen LogP contribution in [0.1, 0.15) is 85.6 Å². The first kappa shape index (κ1) is 23.0. The van der Waals surface area contributed by atoms with Crippen LogP contribution in [0.15, 0.2) is 35.0 Å². The van der Waals surface area contributed by atoms with Gasteiger partial charge in [0.05, 0.1) is 5.71 Å². The lowest BCUT2D eigenvalue weighted by Crippen LogP contribution is -2.24. The number of carbonyl (C=O) groups is 1. The summed E-state index contributed by atoms with van der Waals surface area (Å²) in [5.74, 6) is -0.359. The molecule has 1 aliphatic heterocycles. The molecule has 3 rings (SSSR count). The van der Waals surface area contributed by atoms with Crippen LogP contribution in [0.4, 0.5) is 0 Å². The molecule has 1 atom stereocenters. The summed E-state index contributed by atoms with van der Waals surface area (Å²) in [6, 6.07) is 7.89. The number of aliphatic hydroxyl groups is 1. The van der Waals surface area contributed by atoms with Crippen molar-refractivity contribution < 1.29 is 14.6 Å². The van der Waals surface area contributed by atoms with Gasteiger partial charge in [-0.25, -0.2) is 4.79 Å². The van der Waals surface area contributed by atoms with E-state index < -0.39 is 11.7 Å². The number of aliphatic hydroxyl groups excluding tert-OH is 1. The average Bonchev–Trinajstić information content (AvgIpc) is 3.11. The first-order valence-corrected chi connectivity index (χ1v) is 10.8. The highest BCUT2D eigenvalue weighted by Crippen LogP contribution is 2.42. The number of nitrogens with one attached hydrogen (secondary N) is 1. The van der Waals surface area contributed by atoms with E-state index in [9.17, 15) is 9.90 Å². The third-order valence-corrected chi connectivity index (χ3v) is 5.77. The van der Waals surface area contributed by atoms with Gasteiger partial charge in [-0.1, -0.05) is 43.7 Å². The fraction of sp³-hybridized carbons (Fsp3) is 0.462. The molecule has 1 aromatic heterocycles. The number of allylic oxidation sites excluding steroid dienone is 1. The van der Waals surface area contributed by atoms with Crippen LogP contribution in [0.2, 0.25) is 0 Å². The summed E-state index contributed by atoms with van der Waals surface area (Å²) in [5.41, 5.74) is 6.05. The van der Waals surface area contributed by atoms with Crippen molar-refractivity contribution in [2.75, 3.05) is 0 Å². The number of nitrogens with zero attached hydrogens (tertiary/aromatic N) is 1. The van der Waals surface area contributed by atoms with Crippen molar-refractivity contribution in [3.05, 3.63) is 63.6 Å².